The summed E-state index contributed by atoms with van der Waals surface area (Å²) in [6.45, 7) is 2.48. The predicted molar refractivity (Wildman–Crippen MR) is 73.8 cm³/mol. The van der Waals surface area contributed by atoms with Crippen LogP contribution in [0, 0.1) is 0 Å². The molecule has 0 aliphatic carbocycles. The number of nitrogens with one attached hydrogen (secondary N) is 1. The fourth-order valence-electron chi connectivity index (χ4n) is 2.07. The predicted octanol–water partition coefficient (Wildman–Crippen LogP) is 1.87. The molecule has 6 heteroatoms. The van der Waals surface area contributed by atoms with Gasteiger partial charge in [0.2, 0.25) is 0 Å². The van der Waals surface area contributed by atoms with Crippen LogP contribution >= 0.6 is 11.3 Å². The lowest BCUT2D eigenvalue weighted by molar-refractivity contribution is 0.0698. The highest BCUT2D eigenvalue weighted by atomic mass is 32.1. The Morgan fingerprint density at radius 1 is 1.42 bits per heavy atom. The van der Waals surface area contributed by atoms with Gasteiger partial charge in [-0.05, 0) is 12.8 Å². The van der Waals surface area contributed by atoms with Crippen LogP contribution in [-0.4, -0.2) is 34.2 Å². The van der Waals surface area contributed by atoms with Crippen molar-refractivity contribution in [1.82, 2.24) is 20.3 Å². The molecule has 0 saturated carbocycles. The van der Waals surface area contributed by atoms with Gasteiger partial charge in [0.25, 0.3) is 0 Å². The van der Waals surface area contributed by atoms with Crippen LogP contribution in [0.15, 0.2) is 24.0 Å². The van der Waals surface area contributed by atoms with Gasteiger partial charge in [0, 0.05) is 37.0 Å². The molecule has 0 spiro atoms. The quantitative estimate of drug-likeness (QED) is 0.923. The number of rotatable bonds is 4. The summed E-state index contributed by atoms with van der Waals surface area (Å²) in [7, 11) is 0. The van der Waals surface area contributed by atoms with Crippen molar-refractivity contribution in [2.45, 2.75) is 25.4 Å². The van der Waals surface area contributed by atoms with Gasteiger partial charge in [-0.15, -0.1) is 11.3 Å². The van der Waals surface area contributed by atoms with Gasteiger partial charge in [0.1, 0.15) is 10.7 Å². The van der Waals surface area contributed by atoms with Crippen LogP contribution in [0.1, 0.15) is 18.5 Å². The first kappa shape index (κ1) is 12.7. The molecular weight excluding hydrogens is 260 g/mol. The van der Waals surface area contributed by atoms with Gasteiger partial charge in [0.15, 0.2) is 0 Å². The van der Waals surface area contributed by atoms with Gasteiger partial charge in [-0.2, -0.15) is 0 Å². The summed E-state index contributed by atoms with van der Waals surface area (Å²) < 4.78 is 5.45. The summed E-state index contributed by atoms with van der Waals surface area (Å²) in [4.78, 5) is 12.9. The number of hydrogen-bond donors (Lipinski definition) is 1. The van der Waals surface area contributed by atoms with Crippen molar-refractivity contribution in [2.75, 3.05) is 13.2 Å². The standard InChI is InChI=1S/C13H16N4OS/c1-2-10(8-18-5-1)16-6-11-9-19-13(17-11)12-7-14-3-4-15-12/h3-4,7,9-10,16H,1-2,5-6,8H2/t10-/m0/s1. The van der Waals surface area contributed by atoms with E-state index in [4.69, 9.17) is 4.74 Å². The molecule has 19 heavy (non-hydrogen) atoms. The zero-order valence-electron chi connectivity index (χ0n) is 10.6. The van der Waals surface area contributed by atoms with E-state index < -0.39 is 0 Å². The molecule has 2 aromatic rings. The Kier molecular flexibility index (Phi) is 4.12. The zero-order valence-corrected chi connectivity index (χ0v) is 11.4. The smallest absolute Gasteiger partial charge is 0.143 e. The molecule has 0 bridgehead atoms. The minimum absolute atomic E-state index is 0.454. The van der Waals surface area contributed by atoms with Crippen LogP contribution < -0.4 is 5.32 Å². The highest BCUT2D eigenvalue weighted by molar-refractivity contribution is 7.13. The molecule has 1 aliphatic rings. The maximum Gasteiger partial charge on any atom is 0.143 e. The second-order valence-electron chi connectivity index (χ2n) is 4.53. The Balaban J connectivity index is 1.59. The number of nitrogens with zero attached hydrogens (tertiary/aromatic N) is 3. The Labute approximate surface area is 116 Å². The van der Waals surface area contributed by atoms with E-state index in [9.17, 15) is 0 Å². The van der Waals surface area contributed by atoms with E-state index in [1.165, 1.54) is 6.42 Å². The van der Waals surface area contributed by atoms with E-state index >= 15 is 0 Å². The highest BCUT2D eigenvalue weighted by Crippen LogP contribution is 2.20. The largest absolute Gasteiger partial charge is 0.380 e. The van der Waals surface area contributed by atoms with Gasteiger partial charge < -0.3 is 10.1 Å². The molecule has 2 aromatic heterocycles. The van der Waals surface area contributed by atoms with Crippen molar-refractivity contribution < 1.29 is 4.74 Å². The van der Waals surface area contributed by atoms with Gasteiger partial charge >= 0.3 is 0 Å². The molecule has 0 amide bonds. The van der Waals surface area contributed by atoms with Gasteiger partial charge in [-0.3, -0.25) is 9.97 Å². The van der Waals surface area contributed by atoms with E-state index in [0.29, 0.717) is 6.04 Å². The summed E-state index contributed by atoms with van der Waals surface area (Å²) in [5, 5.41) is 6.48. The SMILES string of the molecule is c1cnc(-c2nc(CN[C@H]3CCCOC3)cs2)cn1. The third-order valence-electron chi connectivity index (χ3n) is 3.07. The minimum atomic E-state index is 0.454. The Morgan fingerprint density at radius 3 is 3.21 bits per heavy atom. The summed E-state index contributed by atoms with van der Waals surface area (Å²) in [5.74, 6) is 0. The molecule has 100 valence electrons. The third kappa shape index (κ3) is 3.34. The minimum Gasteiger partial charge on any atom is -0.380 e. The Bertz CT molecular complexity index is 510. The highest BCUT2D eigenvalue weighted by Gasteiger charge is 2.13. The van der Waals surface area contributed by atoms with Crippen LogP contribution in [0.3, 0.4) is 0 Å². The first-order valence-electron chi connectivity index (χ1n) is 6.44. The molecule has 1 saturated heterocycles. The molecule has 1 atom stereocenters. The van der Waals surface area contributed by atoms with Crippen LogP contribution in [-0.2, 0) is 11.3 Å². The lowest BCUT2D eigenvalue weighted by Crippen LogP contribution is -2.36. The Morgan fingerprint density at radius 2 is 2.42 bits per heavy atom. The van der Waals surface area contributed by atoms with E-state index in [2.05, 4.69) is 25.6 Å². The van der Waals surface area contributed by atoms with E-state index in [-0.39, 0.29) is 0 Å². The van der Waals surface area contributed by atoms with Crippen molar-refractivity contribution in [2.24, 2.45) is 0 Å². The topological polar surface area (TPSA) is 59.9 Å². The maximum atomic E-state index is 5.45. The normalized spacial score (nSPS) is 19.5. The lowest BCUT2D eigenvalue weighted by atomic mass is 10.1. The molecule has 0 unspecified atom stereocenters. The van der Waals surface area contributed by atoms with Gasteiger partial charge in [0.05, 0.1) is 18.5 Å². The third-order valence-corrected chi connectivity index (χ3v) is 3.98. The van der Waals surface area contributed by atoms with Crippen LogP contribution in [0.4, 0.5) is 0 Å². The molecule has 0 aromatic carbocycles. The van der Waals surface area contributed by atoms with Crippen LogP contribution in [0.5, 0.6) is 0 Å². The average Bonchev–Trinajstić information content (AvgIpc) is 2.96. The van der Waals surface area contributed by atoms with Crippen molar-refractivity contribution in [3.8, 4) is 10.7 Å². The molecule has 3 heterocycles. The molecule has 1 N–H and O–H groups in total. The molecule has 5 nitrogen and oxygen atoms in total. The monoisotopic (exact) mass is 276 g/mol. The maximum absolute atomic E-state index is 5.45. The van der Waals surface area contributed by atoms with Crippen molar-refractivity contribution >= 4 is 11.3 Å². The van der Waals surface area contributed by atoms with E-state index in [0.717, 1.165) is 42.6 Å². The lowest BCUT2D eigenvalue weighted by Gasteiger charge is -2.22. The molecular formula is C13H16N4OS. The van der Waals surface area contributed by atoms with E-state index in [1.807, 2.05) is 0 Å². The fourth-order valence-corrected chi connectivity index (χ4v) is 2.85. The summed E-state index contributed by atoms with van der Waals surface area (Å²) in [6.07, 6.45) is 7.42. The molecule has 3 rings (SSSR count). The van der Waals surface area contributed by atoms with Crippen LogP contribution in [0.25, 0.3) is 10.7 Å². The van der Waals surface area contributed by atoms with Gasteiger partial charge in [-0.1, -0.05) is 0 Å². The Hall–Kier alpha value is -1.37. The molecule has 1 fully saturated rings. The van der Waals surface area contributed by atoms with Gasteiger partial charge in [-0.25, -0.2) is 4.98 Å². The van der Waals surface area contributed by atoms with Crippen molar-refractivity contribution in [3.63, 3.8) is 0 Å². The summed E-state index contributed by atoms with van der Waals surface area (Å²) >= 11 is 1.60. The van der Waals surface area contributed by atoms with Crippen molar-refractivity contribution in [1.29, 1.82) is 0 Å². The number of hydrogen-bond acceptors (Lipinski definition) is 6. The van der Waals surface area contributed by atoms with Crippen LogP contribution in [0.2, 0.25) is 0 Å². The molecule has 1 aliphatic heterocycles. The summed E-state index contributed by atoms with van der Waals surface area (Å²) in [6, 6.07) is 0.454. The van der Waals surface area contributed by atoms with E-state index in [1.54, 1.807) is 29.9 Å². The fraction of sp³-hybridized carbons (Fsp3) is 0.462. The first-order valence-corrected chi connectivity index (χ1v) is 7.32. The molecule has 0 radical (unpaired) electrons. The first-order chi connectivity index (χ1) is 9.42. The average molecular weight is 276 g/mol. The number of thiazole rings is 1. The second kappa shape index (κ2) is 6.18. The zero-order chi connectivity index (χ0) is 12.9. The van der Waals surface area contributed by atoms with Crippen molar-refractivity contribution in [3.05, 3.63) is 29.7 Å². The second-order valence-corrected chi connectivity index (χ2v) is 5.39. The number of ether oxygens (including phenoxy) is 1. The number of aromatic nitrogens is 3. The summed E-state index contributed by atoms with van der Waals surface area (Å²) in [5.41, 5.74) is 1.89.